The number of guanidine groups is 1. The first-order valence-corrected chi connectivity index (χ1v) is 10.0. The first kappa shape index (κ1) is 28.6. The molecule has 0 aliphatic carbocycles. The molecular weight excluding hydrogens is 426 g/mol. The van der Waals surface area contributed by atoms with Crippen LogP contribution in [-0.4, -0.2) is 77.0 Å². The Balaban J connectivity index is 4.83. The number of hydrogen-bond acceptors (Lipinski definition) is 7. The quantitative estimate of drug-likeness (QED) is 0.0702. The molecule has 0 heterocycles. The van der Waals surface area contributed by atoms with E-state index in [1.807, 2.05) is 0 Å². The third-order valence-corrected chi connectivity index (χ3v) is 4.53. The van der Waals surface area contributed by atoms with E-state index in [0.29, 0.717) is 19.4 Å². The van der Waals surface area contributed by atoms with Gasteiger partial charge in [0.15, 0.2) is 5.96 Å². The molecule has 0 aliphatic heterocycles. The highest BCUT2D eigenvalue weighted by Crippen LogP contribution is 2.09. The molecule has 182 valence electrons. The Labute approximate surface area is 185 Å². The van der Waals surface area contributed by atoms with Crippen LogP contribution in [-0.2, 0) is 24.0 Å². The summed E-state index contributed by atoms with van der Waals surface area (Å²) < 4.78 is 0. The number of rotatable bonds is 15. The van der Waals surface area contributed by atoms with Gasteiger partial charge in [0, 0.05) is 6.54 Å². The predicted molar refractivity (Wildman–Crippen MR) is 114 cm³/mol. The second-order valence-electron chi connectivity index (χ2n) is 7.20. The minimum atomic E-state index is -1.65. The second-order valence-corrected chi connectivity index (χ2v) is 7.20. The van der Waals surface area contributed by atoms with Gasteiger partial charge >= 0.3 is 11.9 Å². The highest BCUT2D eigenvalue weighted by molar-refractivity contribution is 5.93. The van der Waals surface area contributed by atoms with E-state index in [1.165, 1.54) is 0 Å². The number of aliphatic carboxylic acids is 2. The summed E-state index contributed by atoms with van der Waals surface area (Å²) in [5, 5.41) is 24.8. The van der Waals surface area contributed by atoms with E-state index >= 15 is 0 Å². The number of nitrogens with zero attached hydrogens (tertiary/aromatic N) is 1. The average Bonchev–Trinajstić information content (AvgIpc) is 2.71. The molecule has 3 amide bonds. The summed E-state index contributed by atoms with van der Waals surface area (Å²) in [6.07, 6.45) is 0.375. The summed E-state index contributed by atoms with van der Waals surface area (Å²) in [5.74, 6) is -5.51. The van der Waals surface area contributed by atoms with Crippen LogP contribution in [0.2, 0.25) is 0 Å². The van der Waals surface area contributed by atoms with Crippen molar-refractivity contribution in [1.29, 1.82) is 0 Å². The van der Waals surface area contributed by atoms with Crippen molar-refractivity contribution in [3.63, 3.8) is 0 Å². The predicted octanol–water partition coefficient (Wildman–Crippen LogP) is -2.94. The van der Waals surface area contributed by atoms with Gasteiger partial charge in [0.1, 0.15) is 12.1 Å². The van der Waals surface area contributed by atoms with Crippen LogP contribution in [0.25, 0.3) is 0 Å². The molecule has 0 aromatic rings. The Bertz CT molecular complexity index is 710. The van der Waals surface area contributed by atoms with E-state index in [4.69, 9.17) is 27.4 Å². The van der Waals surface area contributed by atoms with Gasteiger partial charge in [0.25, 0.3) is 0 Å². The van der Waals surface area contributed by atoms with E-state index in [9.17, 15) is 24.0 Å². The van der Waals surface area contributed by atoms with Crippen LogP contribution in [0, 0.1) is 5.92 Å². The van der Waals surface area contributed by atoms with Gasteiger partial charge in [0.2, 0.25) is 17.7 Å². The van der Waals surface area contributed by atoms with Gasteiger partial charge in [-0.3, -0.25) is 24.2 Å². The lowest BCUT2D eigenvalue weighted by molar-refractivity contribution is -0.147. The normalized spacial score (nSPS) is 14.2. The van der Waals surface area contributed by atoms with Crippen molar-refractivity contribution in [2.24, 2.45) is 28.1 Å². The van der Waals surface area contributed by atoms with Gasteiger partial charge in [-0.1, -0.05) is 20.3 Å². The molecule has 0 aliphatic rings. The Morgan fingerprint density at radius 1 is 1.03 bits per heavy atom. The van der Waals surface area contributed by atoms with Crippen molar-refractivity contribution in [2.45, 2.75) is 57.7 Å². The summed E-state index contributed by atoms with van der Waals surface area (Å²) in [7, 11) is 0. The van der Waals surface area contributed by atoms with E-state index in [2.05, 4.69) is 20.9 Å². The molecule has 0 aromatic carbocycles. The summed E-state index contributed by atoms with van der Waals surface area (Å²) >= 11 is 0. The standard InChI is InChI=1S/C18H33N7O7/c1-3-9(2)14(16(30)24-11(17(31)32)7-13(27)28)25-12(26)8-23-15(29)10(19)5-4-6-22-18(20)21/h9-11,14H,3-8,19H2,1-2H3,(H,23,29)(H,24,30)(H,25,26)(H,27,28)(H,31,32)(H4,20,21,22). The first-order chi connectivity index (χ1) is 14.9. The lowest BCUT2D eigenvalue weighted by atomic mass is 9.97. The number of carbonyl (C=O) groups excluding carboxylic acids is 3. The lowest BCUT2D eigenvalue weighted by Crippen LogP contribution is -2.56. The van der Waals surface area contributed by atoms with Crippen LogP contribution in [0.1, 0.15) is 39.5 Å². The van der Waals surface area contributed by atoms with Gasteiger partial charge in [-0.15, -0.1) is 0 Å². The first-order valence-electron chi connectivity index (χ1n) is 10.0. The fourth-order valence-corrected chi connectivity index (χ4v) is 2.51. The van der Waals surface area contributed by atoms with Gasteiger partial charge in [-0.05, 0) is 18.8 Å². The number of carboxylic acid groups (broad SMARTS) is 2. The zero-order valence-electron chi connectivity index (χ0n) is 18.2. The summed E-state index contributed by atoms with van der Waals surface area (Å²) in [4.78, 5) is 62.5. The number of nitrogens with one attached hydrogen (secondary N) is 3. The van der Waals surface area contributed by atoms with Crippen molar-refractivity contribution in [2.75, 3.05) is 13.1 Å². The fourth-order valence-electron chi connectivity index (χ4n) is 2.51. The molecule has 14 heteroatoms. The van der Waals surface area contributed by atoms with Crippen LogP contribution in [0.3, 0.4) is 0 Å². The van der Waals surface area contributed by atoms with Gasteiger partial charge < -0.3 is 43.4 Å². The molecule has 11 N–H and O–H groups in total. The van der Waals surface area contributed by atoms with Crippen LogP contribution < -0.4 is 33.2 Å². The Morgan fingerprint density at radius 2 is 1.66 bits per heavy atom. The summed E-state index contributed by atoms with van der Waals surface area (Å²) in [6.45, 7) is 3.25. The van der Waals surface area contributed by atoms with Crippen molar-refractivity contribution < 1.29 is 34.2 Å². The van der Waals surface area contributed by atoms with Crippen LogP contribution in [0.5, 0.6) is 0 Å². The smallest absolute Gasteiger partial charge is 0.326 e. The number of carboxylic acids is 2. The summed E-state index contributed by atoms with van der Waals surface area (Å²) in [6, 6.07) is -3.67. The van der Waals surface area contributed by atoms with E-state index in [0.717, 1.165) is 0 Å². The van der Waals surface area contributed by atoms with Crippen LogP contribution in [0.15, 0.2) is 4.99 Å². The number of amides is 3. The largest absolute Gasteiger partial charge is 0.481 e. The highest BCUT2D eigenvalue weighted by atomic mass is 16.4. The van der Waals surface area contributed by atoms with E-state index in [-0.39, 0.29) is 12.4 Å². The SMILES string of the molecule is CCC(C)C(NC(=O)CNC(=O)C(N)CCCN=C(N)N)C(=O)NC(CC(=O)O)C(=O)O. The summed E-state index contributed by atoms with van der Waals surface area (Å²) in [5.41, 5.74) is 16.1. The molecule has 0 fully saturated rings. The second kappa shape index (κ2) is 14.6. The maximum Gasteiger partial charge on any atom is 0.326 e. The fraction of sp³-hybridized carbons (Fsp3) is 0.667. The maximum absolute atomic E-state index is 12.5. The van der Waals surface area contributed by atoms with Gasteiger partial charge in [-0.2, -0.15) is 0 Å². The maximum atomic E-state index is 12.5. The zero-order chi connectivity index (χ0) is 24.8. The van der Waals surface area contributed by atoms with Gasteiger partial charge in [0.05, 0.1) is 19.0 Å². The topological polar surface area (TPSA) is 252 Å². The Hall–Kier alpha value is -3.42. The highest BCUT2D eigenvalue weighted by Gasteiger charge is 2.31. The van der Waals surface area contributed by atoms with Crippen molar-refractivity contribution >= 4 is 35.6 Å². The molecule has 0 saturated heterocycles. The molecule has 0 bridgehead atoms. The third kappa shape index (κ3) is 11.7. The number of carbonyl (C=O) groups is 5. The number of nitrogens with two attached hydrogens (primary N) is 3. The molecule has 14 nitrogen and oxygen atoms in total. The van der Waals surface area contributed by atoms with Gasteiger partial charge in [-0.25, -0.2) is 4.79 Å². The average molecular weight is 460 g/mol. The molecule has 32 heavy (non-hydrogen) atoms. The molecule has 4 atom stereocenters. The Kier molecular flexibility index (Phi) is 13.0. The minimum absolute atomic E-state index is 0.0720. The minimum Gasteiger partial charge on any atom is -0.481 e. The third-order valence-electron chi connectivity index (χ3n) is 4.53. The van der Waals surface area contributed by atoms with E-state index in [1.54, 1.807) is 13.8 Å². The molecule has 0 aromatic heterocycles. The van der Waals surface area contributed by atoms with Crippen molar-refractivity contribution in [1.82, 2.24) is 16.0 Å². The van der Waals surface area contributed by atoms with Crippen molar-refractivity contribution in [3.8, 4) is 0 Å². The number of hydrogen-bond donors (Lipinski definition) is 8. The molecule has 0 spiro atoms. The molecule has 0 rings (SSSR count). The molecule has 0 radical (unpaired) electrons. The Morgan fingerprint density at radius 3 is 2.16 bits per heavy atom. The zero-order valence-corrected chi connectivity index (χ0v) is 18.2. The molecule has 0 saturated carbocycles. The van der Waals surface area contributed by atoms with Crippen LogP contribution in [0.4, 0.5) is 0 Å². The molecule has 4 unspecified atom stereocenters. The van der Waals surface area contributed by atoms with Crippen LogP contribution >= 0.6 is 0 Å². The van der Waals surface area contributed by atoms with Crippen molar-refractivity contribution in [3.05, 3.63) is 0 Å². The number of aliphatic imine (C=N–C) groups is 1. The molecular formula is C18H33N7O7. The lowest BCUT2D eigenvalue weighted by Gasteiger charge is -2.25. The van der Waals surface area contributed by atoms with E-state index < -0.39 is 66.7 Å². The monoisotopic (exact) mass is 459 g/mol.